The molecule has 0 bridgehead atoms. The van der Waals surface area contributed by atoms with Gasteiger partial charge in [-0.25, -0.2) is 4.39 Å². The highest BCUT2D eigenvalue weighted by atomic mass is 31.2. The summed E-state index contributed by atoms with van der Waals surface area (Å²) in [6.07, 6.45) is 0. The van der Waals surface area contributed by atoms with Crippen molar-refractivity contribution in [2.75, 3.05) is 0 Å². The molecule has 0 aliphatic carbocycles. The van der Waals surface area contributed by atoms with Crippen molar-refractivity contribution in [3.05, 3.63) is 94.8 Å². The van der Waals surface area contributed by atoms with Crippen LogP contribution in [0.2, 0.25) is 0 Å². The fourth-order valence-electron chi connectivity index (χ4n) is 3.35. The summed E-state index contributed by atoms with van der Waals surface area (Å²) in [5.74, 6) is -0.427. The van der Waals surface area contributed by atoms with Crippen LogP contribution in [0.5, 0.6) is 0 Å². The summed E-state index contributed by atoms with van der Waals surface area (Å²) in [5, 5.41) is 0.797. The van der Waals surface area contributed by atoms with E-state index < -0.39 is 18.5 Å². The first-order valence-electron chi connectivity index (χ1n) is 8.38. The van der Waals surface area contributed by atoms with Crippen LogP contribution in [0.1, 0.15) is 27.0 Å². The highest BCUT2D eigenvalue weighted by Gasteiger charge is 2.38. The van der Waals surface area contributed by atoms with Crippen LogP contribution in [-0.4, -0.2) is 5.52 Å². The van der Waals surface area contributed by atoms with Crippen molar-refractivity contribution < 1.29 is 13.8 Å². The van der Waals surface area contributed by atoms with Gasteiger partial charge in [0, 0.05) is 16.2 Å². The molecule has 26 heavy (non-hydrogen) atoms. The van der Waals surface area contributed by atoms with Gasteiger partial charge < -0.3 is 4.57 Å². The third-order valence-corrected chi connectivity index (χ3v) is 7.33. The van der Waals surface area contributed by atoms with Crippen LogP contribution in [0.4, 0.5) is 4.39 Å². The summed E-state index contributed by atoms with van der Waals surface area (Å²) in [5.41, 5.74) is 2.71. The fraction of sp³-hybridized carbons (Fsp3) is 0.136. The molecule has 4 heteroatoms. The maximum Gasteiger partial charge on any atom is 0.230 e. The van der Waals surface area contributed by atoms with E-state index in [4.69, 9.17) is 0 Å². The summed E-state index contributed by atoms with van der Waals surface area (Å²) in [6.45, 7) is 5.67. The van der Waals surface area contributed by atoms with Crippen LogP contribution in [0.25, 0.3) is 0 Å². The van der Waals surface area contributed by atoms with Gasteiger partial charge in [0.05, 0.1) is 0 Å². The Labute approximate surface area is 153 Å². The molecule has 1 atom stereocenters. The number of hydrogen-bond acceptors (Lipinski definition) is 2. The van der Waals surface area contributed by atoms with Gasteiger partial charge in [0.25, 0.3) is 0 Å². The molecule has 3 aromatic carbocycles. The van der Waals surface area contributed by atoms with Gasteiger partial charge in [-0.1, -0.05) is 48.0 Å². The highest BCUT2D eigenvalue weighted by molar-refractivity contribution is 7.93. The SMILES string of the molecule is Cc1cc(C)c(C(=O)P(=O)(c2ccccc2)c2ccc(F)cc2)c(C)c1. The van der Waals surface area contributed by atoms with Crippen molar-refractivity contribution in [1.29, 1.82) is 0 Å². The van der Waals surface area contributed by atoms with E-state index in [1.807, 2.05) is 39.0 Å². The maximum atomic E-state index is 14.1. The first kappa shape index (κ1) is 18.3. The minimum Gasteiger partial charge on any atom is -0.305 e. The first-order valence-corrected chi connectivity index (χ1v) is 10.1. The summed E-state index contributed by atoms with van der Waals surface area (Å²) in [4.78, 5) is 13.5. The van der Waals surface area contributed by atoms with E-state index >= 15 is 0 Å². The molecule has 0 N–H and O–H groups in total. The summed E-state index contributed by atoms with van der Waals surface area (Å²) in [6, 6.07) is 17.9. The predicted molar refractivity (Wildman–Crippen MR) is 105 cm³/mol. The Morgan fingerprint density at radius 3 is 1.85 bits per heavy atom. The summed E-state index contributed by atoms with van der Waals surface area (Å²) in [7, 11) is -3.63. The van der Waals surface area contributed by atoms with Crippen LogP contribution >= 0.6 is 7.14 Å². The second kappa shape index (κ2) is 7.01. The monoisotopic (exact) mass is 366 g/mol. The molecule has 3 aromatic rings. The van der Waals surface area contributed by atoms with E-state index in [2.05, 4.69) is 0 Å². The van der Waals surface area contributed by atoms with E-state index in [1.54, 1.807) is 24.3 Å². The van der Waals surface area contributed by atoms with Crippen LogP contribution < -0.4 is 10.6 Å². The number of rotatable bonds is 4. The molecule has 0 saturated heterocycles. The lowest BCUT2D eigenvalue weighted by atomic mass is 10.0. The number of carbonyl (C=O) groups excluding carboxylic acids is 1. The minimum atomic E-state index is -3.63. The van der Waals surface area contributed by atoms with Crippen LogP contribution in [0, 0.1) is 26.6 Å². The molecule has 0 amide bonds. The third kappa shape index (κ3) is 3.15. The van der Waals surface area contributed by atoms with E-state index in [-0.39, 0.29) is 0 Å². The Hall–Kier alpha value is -2.51. The second-order valence-corrected chi connectivity index (χ2v) is 9.16. The van der Waals surface area contributed by atoms with Crippen molar-refractivity contribution in [2.24, 2.45) is 0 Å². The van der Waals surface area contributed by atoms with Gasteiger partial charge in [-0.2, -0.15) is 0 Å². The highest BCUT2D eigenvalue weighted by Crippen LogP contribution is 2.48. The van der Waals surface area contributed by atoms with Crippen LogP contribution in [0.3, 0.4) is 0 Å². The lowest BCUT2D eigenvalue weighted by molar-refractivity contribution is 0.107. The molecule has 0 fully saturated rings. The largest absolute Gasteiger partial charge is 0.305 e. The summed E-state index contributed by atoms with van der Waals surface area (Å²) >= 11 is 0. The molecular weight excluding hydrogens is 346 g/mol. The smallest absolute Gasteiger partial charge is 0.230 e. The van der Waals surface area contributed by atoms with E-state index in [0.29, 0.717) is 16.2 Å². The molecule has 0 aromatic heterocycles. The maximum absolute atomic E-state index is 14.1. The van der Waals surface area contributed by atoms with Gasteiger partial charge in [-0.15, -0.1) is 0 Å². The molecule has 0 saturated carbocycles. The minimum absolute atomic E-state index is 0.342. The van der Waals surface area contributed by atoms with Gasteiger partial charge in [0.15, 0.2) is 0 Å². The normalized spacial score (nSPS) is 13.2. The van der Waals surface area contributed by atoms with Crippen molar-refractivity contribution >= 4 is 23.3 Å². The van der Waals surface area contributed by atoms with Crippen molar-refractivity contribution in [2.45, 2.75) is 20.8 Å². The van der Waals surface area contributed by atoms with Crippen molar-refractivity contribution in [1.82, 2.24) is 0 Å². The van der Waals surface area contributed by atoms with Gasteiger partial charge in [0.2, 0.25) is 12.7 Å². The Bertz CT molecular complexity index is 985. The Balaban J connectivity index is 2.27. The molecule has 3 rings (SSSR count). The molecule has 0 radical (unpaired) electrons. The van der Waals surface area contributed by atoms with Crippen LogP contribution in [-0.2, 0) is 4.57 Å². The number of halogens is 1. The lowest BCUT2D eigenvalue weighted by Gasteiger charge is -2.20. The molecule has 0 aliphatic rings. The molecule has 0 spiro atoms. The zero-order valence-corrected chi connectivity index (χ0v) is 15.9. The van der Waals surface area contributed by atoms with Gasteiger partial charge in [-0.05, 0) is 56.2 Å². The standard InChI is InChI=1S/C22H20FO2P/c1-15-13-16(2)21(17(3)14-15)22(24)26(25,19-7-5-4-6-8-19)20-11-9-18(23)10-12-20/h4-14H,1-3H3. The Morgan fingerprint density at radius 2 is 1.31 bits per heavy atom. The third-order valence-electron chi connectivity index (χ3n) is 4.49. The topological polar surface area (TPSA) is 34.1 Å². The zero-order valence-electron chi connectivity index (χ0n) is 15.0. The predicted octanol–water partition coefficient (Wildman–Crippen LogP) is 4.91. The Kier molecular flexibility index (Phi) is 4.93. The van der Waals surface area contributed by atoms with Crippen molar-refractivity contribution in [3.8, 4) is 0 Å². The lowest BCUT2D eigenvalue weighted by Crippen LogP contribution is -2.24. The van der Waals surface area contributed by atoms with Gasteiger partial charge in [-0.3, -0.25) is 4.79 Å². The molecule has 132 valence electrons. The number of benzene rings is 3. The molecule has 2 nitrogen and oxygen atoms in total. The fourth-order valence-corrected chi connectivity index (χ4v) is 5.94. The molecule has 0 heterocycles. The molecular formula is C22H20FO2P. The summed E-state index contributed by atoms with van der Waals surface area (Å²) < 4.78 is 27.5. The van der Waals surface area contributed by atoms with Crippen LogP contribution in [0.15, 0.2) is 66.7 Å². The first-order chi connectivity index (χ1) is 12.3. The molecule has 1 unspecified atom stereocenters. The number of carbonyl (C=O) groups is 1. The van der Waals surface area contributed by atoms with E-state index in [9.17, 15) is 13.8 Å². The quantitative estimate of drug-likeness (QED) is 0.615. The Morgan fingerprint density at radius 1 is 0.808 bits per heavy atom. The van der Waals surface area contributed by atoms with Gasteiger partial charge >= 0.3 is 0 Å². The average molecular weight is 366 g/mol. The van der Waals surface area contributed by atoms with Crippen molar-refractivity contribution in [3.63, 3.8) is 0 Å². The van der Waals surface area contributed by atoms with E-state index in [0.717, 1.165) is 16.7 Å². The number of hydrogen-bond donors (Lipinski definition) is 0. The second-order valence-electron chi connectivity index (χ2n) is 6.50. The number of aryl methyl sites for hydroxylation is 3. The van der Waals surface area contributed by atoms with Gasteiger partial charge in [0.1, 0.15) is 5.82 Å². The average Bonchev–Trinajstić information content (AvgIpc) is 2.61. The zero-order chi connectivity index (χ0) is 18.9. The van der Waals surface area contributed by atoms with E-state index in [1.165, 1.54) is 24.3 Å². The molecule has 0 aliphatic heterocycles.